The van der Waals surface area contributed by atoms with Crippen LogP contribution < -0.4 is 0 Å². The molecule has 1 N–H and O–H groups in total. The van der Waals surface area contributed by atoms with Gasteiger partial charge in [-0.05, 0) is 25.7 Å². The van der Waals surface area contributed by atoms with Gasteiger partial charge in [0.15, 0.2) is 5.69 Å². The Bertz CT molecular complexity index is 357. The van der Waals surface area contributed by atoms with Crippen molar-refractivity contribution in [1.29, 1.82) is 0 Å². The molecular formula is C10H15N3O2. The first kappa shape index (κ1) is 10.1. The lowest BCUT2D eigenvalue weighted by Crippen LogP contribution is -2.10. The topological polar surface area (TPSA) is 67.9 Å². The summed E-state index contributed by atoms with van der Waals surface area (Å²) in [5.41, 5.74) is 1.09. The normalized spacial score (nSPS) is 17.5. The van der Waals surface area contributed by atoms with E-state index >= 15 is 0 Å². The van der Waals surface area contributed by atoms with Crippen LogP contribution in [0.25, 0.3) is 0 Å². The molecule has 15 heavy (non-hydrogen) atoms. The maximum atomic E-state index is 11.5. The summed E-state index contributed by atoms with van der Waals surface area (Å²) in [7, 11) is 0. The van der Waals surface area contributed by atoms with Crippen LogP contribution in [0.2, 0.25) is 0 Å². The van der Waals surface area contributed by atoms with E-state index < -0.39 is 0 Å². The van der Waals surface area contributed by atoms with E-state index in [9.17, 15) is 4.79 Å². The average molecular weight is 209 g/mol. The molecular weight excluding hydrogens is 194 g/mol. The summed E-state index contributed by atoms with van der Waals surface area (Å²) >= 11 is 0. The molecule has 1 aliphatic rings. The highest BCUT2D eigenvalue weighted by atomic mass is 16.5. The van der Waals surface area contributed by atoms with Gasteiger partial charge in [-0.3, -0.25) is 0 Å². The first-order chi connectivity index (χ1) is 7.24. The van der Waals surface area contributed by atoms with E-state index in [1.807, 2.05) is 0 Å². The molecule has 1 heterocycles. The number of carbonyl (C=O) groups is 1. The van der Waals surface area contributed by atoms with Gasteiger partial charge in [-0.1, -0.05) is 6.92 Å². The summed E-state index contributed by atoms with van der Waals surface area (Å²) < 4.78 is 4.92. The van der Waals surface area contributed by atoms with Crippen molar-refractivity contribution in [3.63, 3.8) is 0 Å². The maximum Gasteiger partial charge on any atom is 0.360 e. The first-order valence-electron chi connectivity index (χ1n) is 5.31. The van der Waals surface area contributed by atoms with Crippen LogP contribution in [-0.2, 0) is 4.74 Å². The highest BCUT2D eigenvalue weighted by molar-refractivity contribution is 5.88. The van der Waals surface area contributed by atoms with Gasteiger partial charge in [0.1, 0.15) is 5.69 Å². The number of carbonyl (C=O) groups excluding carboxylic acids is 1. The molecule has 5 heteroatoms. The summed E-state index contributed by atoms with van der Waals surface area (Å²) in [5, 5.41) is 10.4. The number of ether oxygens (including phenoxy) is 1. The van der Waals surface area contributed by atoms with Gasteiger partial charge >= 0.3 is 5.97 Å². The molecule has 0 spiro atoms. The number of nitrogens with zero attached hydrogens (tertiary/aromatic N) is 2. The summed E-state index contributed by atoms with van der Waals surface area (Å²) in [6.07, 6.45) is 2.44. The summed E-state index contributed by atoms with van der Waals surface area (Å²) in [6, 6.07) is 0. The zero-order valence-corrected chi connectivity index (χ0v) is 8.99. The van der Waals surface area contributed by atoms with Crippen LogP contribution in [0.15, 0.2) is 0 Å². The maximum absolute atomic E-state index is 11.5. The minimum atomic E-state index is -0.381. The molecule has 1 aromatic heterocycles. The highest BCUT2D eigenvalue weighted by Crippen LogP contribution is 2.42. The van der Waals surface area contributed by atoms with Crippen molar-refractivity contribution in [2.24, 2.45) is 5.92 Å². The molecule has 0 radical (unpaired) electrons. The van der Waals surface area contributed by atoms with Crippen molar-refractivity contribution < 1.29 is 9.53 Å². The largest absolute Gasteiger partial charge is 0.461 e. The summed E-state index contributed by atoms with van der Waals surface area (Å²) in [5.74, 6) is 0.570. The zero-order valence-electron chi connectivity index (χ0n) is 8.99. The highest BCUT2D eigenvalue weighted by Gasteiger charge is 2.33. The van der Waals surface area contributed by atoms with Gasteiger partial charge in [0.2, 0.25) is 0 Å². The van der Waals surface area contributed by atoms with Gasteiger partial charge < -0.3 is 4.74 Å². The molecule has 0 saturated heterocycles. The molecule has 1 fully saturated rings. The molecule has 0 aliphatic heterocycles. The molecule has 5 nitrogen and oxygen atoms in total. The Morgan fingerprint density at radius 2 is 2.33 bits per heavy atom. The van der Waals surface area contributed by atoms with Crippen molar-refractivity contribution in [2.75, 3.05) is 6.61 Å². The van der Waals surface area contributed by atoms with Crippen LogP contribution in [0, 0.1) is 5.92 Å². The van der Waals surface area contributed by atoms with Crippen molar-refractivity contribution in [3.05, 3.63) is 11.4 Å². The number of nitrogens with one attached hydrogen (secondary N) is 1. The van der Waals surface area contributed by atoms with Crippen LogP contribution in [-0.4, -0.2) is 28.0 Å². The summed E-state index contributed by atoms with van der Waals surface area (Å²) in [6.45, 7) is 4.23. The molecule has 82 valence electrons. The molecule has 1 saturated carbocycles. The Labute approximate surface area is 88.2 Å². The standard InChI is InChI=1S/C10H15N3O2/c1-3-15-10(14)9-8(11-13-12-9)6(2)7-4-5-7/h6-7H,3-5H2,1-2H3,(H,11,12,13). The third-order valence-corrected chi connectivity index (χ3v) is 2.80. The number of hydrogen-bond acceptors (Lipinski definition) is 4. The molecule has 1 aliphatic carbocycles. The lowest BCUT2D eigenvalue weighted by atomic mass is 10.0. The van der Waals surface area contributed by atoms with E-state index in [4.69, 9.17) is 4.74 Å². The Hall–Kier alpha value is -1.39. The van der Waals surface area contributed by atoms with Crippen molar-refractivity contribution >= 4 is 5.97 Å². The van der Waals surface area contributed by atoms with Gasteiger partial charge in [0.05, 0.1) is 6.61 Å². The number of H-pyrrole nitrogens is 1. The van der Waals surface area contributed by atoms with Crippen molar-refractivity contribution in [2.45, 2.75) is 32.6 Å². The SMILES string of the molecule is CCOC(=O)c1n[nH]nc1C(C)C1CC1. The van der Waals surface area contributed by atoms with Crippen LogP contribution in [0.1, 0.15) is 48.8 Å². The molecule has 1 unspecified atom stereocenters. The second kappa shape index (κ2) is 4.00. The number of aromatic nitrogens is 3. The molecule has 1 atom stereocenters. The van der Waals surface area contributed by atoms with Gasteiger partial charge in [0, 0.05) is 5.92 Å². The Kier molecular flexibility index (Phi) is 2.70. The molecule has 0 amide bonds. The van der Waals surface area contributed by atoms with E-state index in [1.54, 1.807) is 6.92 Å². The predicted molar refractivity (Wildman–Crippen MR) is 53.5 cm³/mol. The number of rotatable bonds is 4. The van der Waals surface area contributed by atoms with E-state index in [1.165, 1.54) is 12.8 Å². The fourth-order valence-corrected chi connectivity index (χ4v) is 1.73. The van der Waals surface area contributed by atoms with E-state index in [0.29, 0.717) is 24.1 Å². The van der Waals surface area contributed by atoms with E-state index in [2.05, 4.69) is 22.3 Å². The third kappa shape index (κ3) is 2.00. The van der Waals surface area contributed by atoms with Crippen molar-refractivity contribution in [3.8, 4) is 0 Å². The van der Waals surface area contributed by atoms with Crippen LogP contribution in [0.4, 0.5) is 0 Å². The Morgan fingerprint density at radius 3 is 2.93 bits per heavy atom. The van der Waals surface area contributed by atoms with Gasteiger partial charge in [-0.2, -0.15) is 10.3 Å². The fourth-order valence-electron chi connectivity index (χ4n) is 1.73. The van der Waals surface area contributed by atoms with Gasteiger partial charge in [-0.25, -0.2) is 4.79 Å². The fraction of sp³-hybridized carbons (Fsp3) is 0.700. The van der Waals surface area contributed by atoms with Crippen LogP contribution in [0.5, 0.6) is 0 Å². The second-order valence-electron chi connectivity index (χ2n) is 3.90. The Morgan fingerprint density at radius 1 is 1.60 bits per heavy atom. The lowest BCUT2D eigenvalue weighted by molar-refractivity contribution is 0.0517. The van der Waals surface area contributed by atoms with Crippen LogP contribution in [0.3, 0.4) is 0 Å². The second-order valence-corrected chi connectivity index (χ2v) is 3.90. The smallest absolute Gasteiger partial charge is 0.360 e. The van der Waals surface area contributed by atoms with Crippen molar-refractivity contribution in [1.82, 2.24) is 15.4 Å². The number of esters is 1. The molecule has 2 rings (SSSR count). The van der Waals surface area contributed by atoms with Crippen LogP contribution >= 0.6 is 0 Å². The van der Waals surface area contributed by atoms with E-state index in [-0.39, 0.29) is 5.97 Å². The predicted octanol–water partition coefficient (Wildman–Crippen LogP) is 1.49. The minimum Gasteiger partial charge on any atom is -0.461 e. The number of aromatic amines is 1. The first-order valence-corrected chi connectivity index (χ1v) is 5.31. The number of hydrogen-bond donors (Lipinski definition) is 1. The molecule has 1 aromatic rings. The van der Waals surface area contributed by atoms with Gasteiger partial charge in [0.25, 0.3) is 0 Å². The molecule has 0 aromatic carbocycles. The quantitative estimate of drug-likeness (QED) is 0.763. The van der Waals surface area contributed by atoms with Gasteiger partial charge in [-0.15, -0.1) is 5.10 Å². The van der Waals surface area contributed by atoms with E-state index in [0.717, 1.165) is 5.69 Å². The Balaban J connectivity index is 2.16. The third-order valence-electron chi connectivity index (χ3n) is 2.80. The zero-order chi connectivity index (χ0) is 10.8. The lowest BCUT2D eigenvalue weighted by Gasteiger charge is -2.07. The summed E-state index contributed by atoms with van der Waals surface area (Å²) in [4.78, 5) is 11.5. The molecule has 0 bridgehead atoms. The minimum absolute atomic E-state index is 0.295. The monoisotopic (exact) mass is 209 g/mol. The average Bonchev–Trinajstić information content (AvgIpc) is 2.94.